The molecule has 0 spiro atoms. The molecule has 6 rings (SSSR count). The van der Waals surface area contributed by atoms with Gasteiger partial charge in [0.2, 0.25) is 0 Å². The van der Waals surface area contributed by atoms with Crippen LogP contribution in [0.15, 0.2) is 73.1 Å². The van der Waals surface area contributed by atoms with Crippen molar-refractivity contribution >= 4 is 43.8 Å². The van der Waals surface area contributed by atoms with E-state index in [1.807, 2.05) is 0 Å². The minimum absolute atomic E-state index is 0.890. The van der Waals surface area contributed by atoms with Crippen molar-refractivity contribution in [3.63, 3.8) is 0 Å². The van der Waals surface area contributed by atoms with Gasteiger partial charge in [-0.1, -0.05) is 42.5 Å². The van der Waals surface area contributed by atoms with Gasteiger partial charge in [-0.2, -0.15) is 0 Å². The zero-order chi connectivity index (χ0) is 16.5. The maximum absolute atomic E-state index is 2.43. The molecule has 25 heavy (non-hydrogen) atoms. The van der Waals surface area contributed by atoms with Crippen LogP contribution in [0.2, 0.25) is 0 Å². The minimum Gasteiger partial charge on any atom is -0.361 e. The predicted molar refractivity (Wildman–Crippen MR) is 105 cm³/mol. The Morgan fingerprint density at radius 3 is 2.20 bits per heavy atom. The van der Waals surface area contributed by atoms with Crippen LogP contribution in [0.5, 0.6) is 0 Å². The Morgan fingerprint density at radius 1 is 0.720 bits per heavy atom. The summed E-state index contributed by atoms with van der Waals surface area (Å²) in [5.74, 6) is 0. The van der Waals surface area contributed by atoms with Crippen molar-refractivity contribution in [3.8, 4) is 0 Å². The molecule has 3 nitrogen and oxygen atoms in total. The predicted octanol–water partition coefficient (Wildman–Crippen LogP) is 5.02. The van der Waals surface area contributed by atoms with Crippen molar-refractivity contribution in [3.05, 3.63) is 73.1 Å². The molecular formula is C22H17N3. The largest absolute Gasteiger partial charge is 0.361 e. The third-order valence-corrected chi connectivity index (χ3v) is 5.41. The van der Waals surface area contributed by atoms with Crippen LogP contribution in [0.1, 0.15) is 0 Å². The highest BCUT2D eigenvalue weighted by Crippen LogP contribution is 2.43. The number of para-hydroxylation sites is 2. The normalized spacial score (nSPS) is 14.9. The summed E-state index contributed by atoms with van der Waals surface area (Å²) >= 11 is 0. The number of fused-ring (bicyclic) bond motifs is 6. The number of benzene rings is 3. The first-order valence-corrected chi connectivity index (χ1v) is 8.64. The number of hydrogen-bond acceptors (Lipinski definition) is 2. The highest BCUT2D eigenvalue weighted by molar-refractivity contribution is 6.26. The molecule has 120 valence electrons. The molecule has 0 amide bonds. The van der Waals surface area contributed by atoms with E-state index in [1.54, 1.807) is 0 Å². The molecule has 0 N–H and O–H groups in total. The first-order chi connectivity index (χ1) is 12.3. The monoisotopic (exact) mass is 323 g/mol. The van der Waals surface area contributed by atoms with Crippen molar-refractivity contribution in [2.75, 3.05) is 18.6 Å². The van der Waals surface area contributed by atoms with E-state index in [2.05, 4.69) is 94.3 Å². The van der Waals surface area contributed by atoms with Crippen LogP contribution >= 0.6 is 0 Å². The van der Waals surface area contributed by atoms with Gasteiger partial charge in [0.15, 0.2) is 0 Å². The van der Waals surface area contributed by atoms with E-state index in [0.717, 1.165) is 6.67 Å². The molecule has 0 fully saturated rings. The number of nitrogens with zero attached hydrogens (tertiary/aromatic N) is 3. The van der Waals surface area contributed by atoms with Crippen molar-refractivity contribution < 1.29 is 0 Å². The molecule has 0 unspecified atom stereocenters. The summed E-state index contributed by atoms with van der Waals surface area (Å²) in [5, 5.41) is 5.34. The third kappa shape index (κ3) is 1.55. The van der Waals surface area contributed by atoms with Gasteiger partial charge in [-0.25, -0.2) is 0 Å². The molecule has 0 bridgehead atoms. The first kappa shape index (κ1) is 13.1. The minimum atomic E-state index is 0.890. The molecule has 0 aliphatic carbocycles. The van der Waals surface area contributed by atoms with E-state index >= 15 is 0 Å². The summed E-state index contributed by atoms with van der Waals surface area (Å²) in [6.45, 7) is 0.890. The fraction of sp³-hybridized carbons (Fsp3) is 0.0909. The second kappa shape index (κ2) is 4.45. The summed E-state index contributed by atoms with van der Waals surface area (Å²) in [4.78, 5) is 4.53. The van der Waals surface area contributed by atoms with Crippen LogP contribution in [0.25, 0.3) is 38.1 Å². The molecule has 3 heterocycles. The van der Waals surface area contributed by atoms with Gasteiger partial charge in [-0.05, 0) is 18.2 Å². The Hall–Kier alpha value is -3.20. The van der Waals surface area contributed by atoms with Crippen LogP contribution in [0, 0.1) is 0 Å². The lowest BCUT2D eigenvalue weighted by Crippen LogP contribution is -2.21. The summed E-state index contributed by atoms with van der Waals surface area (Å²) in [6.07, 6.45) is 4.30. The summed E-state index contributed by atoms with van der Waals surface area (Å²) < 4.78 is 2.43. The van der Waals surface area contributed by atoms with Crippen LogP contribution in [0.4, 0.5) is 5.69 Å². The van der Waals surface area contributed by atoms with Gasteiger partial charge in [-0.3, -0.25) is 0 Å². The second-order valence-corrected chi connectivity index (χ2v) is 6.89. The van der Waals surface area contributed by atoms with Crippen LogP contribution < -0.4 is 4.90 Å². The van der Waals surface area contributed by atoms with Gasteiger partial charge in [0, 0.05) is 41.0 Å². The first-order valence-electron chi connectivity index (χ1n) is 8.64. The standard InChI is InChI=1S/C22H17N3/c1-23-12-13-24(14-23)20-11-10-16-15-6-2-4-8-18(15)25-19-9-5-3-7-17(19)21(20)22(16)25/h2-13H,14H2,1H3. The molecule has 0 saturated carbocycles. The Kier molecular flexibility index (Phi) is 2.34. The van der Waals surface area contributed by atoms with Gasteiger partial charge in [0.1, 0.15) is 0 Å². The Morgan fingerprint density at radius 2 is 1.44 bits per heavy atom. The topological polar surface area (TPSA) is 10.9 Å². The van der Waals surface area contributed by atoms with E-state index in [0.29, 0.717) is 0 Å². The molecule has 1 aliphatic rings. The average Bonchev–Trinajstić information content (AvgIpc) is 3.32. The van der Waals surface area contributed by atoms with Crippen LogP contribution in [0.3, 0.4) is 0 Å². The van der Waals surface area contributed by atoms with E-state index < -0.39 is 0 Å². The van der Waals surface area contributed by atoms with Crippen molar-refractivity contribution in [2.24, 2.45) is 0 Å². The third-order valence-electron chi connectivity index (χ3n) is 5.41. The number of rotatable bonds is 1. The number of aromatic nitrogens is 1. The van der Waals surface area contributed by atoms with Crippen molar-refractivity contribution in [1.82, 2.24) is 9.30 Å². The molecule has 0 atom stereocenters. The Labute approximate surface area is 145 Å². The molecule has 0 saturated heterocycles. The molecular weight excluding hydrogens is 306 g/mol. The maximum atomic E-state index is 2.43. The van der Waals surface area contributed by atoms with Crippen molar-refractivity contribution in [2.45, 2.75) is 0 Å². The lowest BCUT2D eigenvalue weighted by molar-refractivity contribution is 0.496. The average molecular weight is 323 g/mol. The lowest BCUT2D eigenvalue weighted by atomic mass is 10.1. The van der Waals surface area contributed by atoms with E-state index in [4.69, 9.17) is 0 Å². The van der Waals surface area contributed by atoms with Gasteiger partial charge in [0.05, 0.1) is 28.9 Å². The van der Waals surface area contributed by atoms with E-state index in [-0.39, 0.29) is 0 Å². The van der Waals surface area contributed by atoms with Crippen LogP contribution in [-0.2, 0) is 0 Å². The molecule has 0 radical (unpaired) electrons. The van der Waals surface area contributed by atoms with E-state index in [1.165, 1.54) is 43.8 Å². The molecule has 2 aromatic heterocycles. The second-order valence-electron chi connectivity index (χ2n) is 6.89. The quantitative estimate of drug-likeness (QED) is 0.429. The molecule has 3 heteroatoms. The summed E-state index contributed by atoms with van der Waals surface area (Å²) in [5.41, 5.74) is 5.19. The van der Waals surface area contributed by atoms with Gasteiger partial charge < -0.3 is 14.2 Å². The maximum Gasteiger partial charge on any atom is 0.0939 e. The van der Waals surface area contributed by atoms with Crippen LogP contribution in [-0.4, -0.2) is 23.0 Å². The zero-order valence-electron chi connectivity index (χ0n) is 14.0. The fourth-order valence-electron chi connectivity index (χ4n) is 4.37. The summed E-state index contributed by atoms with van der Waals surface area (Å²) in [7, 11) is 2.11. The highest BCUT2D eigenvalue weighted by Gasteiger charge is 2.22. The number of anilines is 1. The zero-order valence-corrected chi connectivity index (χ0v) is 14.0. The highest BCUT2D eigenvalue weighted by atomic mass is 15.3. The van der Waals surface area contributed by atoms with Gasteiger partial charge >= 0.3 is 0 Å². The lowest BCUT2D eigenvalue weighted by Gasteiger charge is -2.19. The Balaban J connectivity index is 1.87. The van der Waals surface area contributed by atoms with Crippen molar-refractivity contribution in [1.29, 1.82) is 0 Å². The smallest absolute Gasteiger partial charge is 0.0939 e. The molecule has 3 aromatic carbocycles. The number of hydrogen-bond donors (Lipinski definition) is 0. The van der Waals surface area contributed by atoms with Gasteiger partial charge in [-0.15, -0.1) is 0 Å². The van der Waals surface area contributed by atoms with Gasteiger partial charge in [0.25, 0.3) is 0 Å². The SMILES string of the molecule is CN1C=CN(c2ccc3c4ccccc4n4c5ccccc5c2c34)C1. The van der Waals surface area contributed by atoms with E-state index in [9.17, 15) is 0 Å². The fourth-order valence-corrected chi connectivity index (χ4v) is 4.37. The molecule has 5 aromatic rings. The summed E-state index contributed by atoms with van der Waals surface area (Å²) in [6, 6.07) is 22.0. The Bertz CT molecular complexity index is 1290. The molecule has 1 aliphatic heterocycles.